The molecule has 4 heteroatoms. The normalized spacial score (nSPS) is 31.1. The second-order valence-electron chi connectivity index (χ2n) is 11.4. The molecule has 2 atom stereocenters. The molecule has 0 N–H and O–H groups in total. The van der Waals surface area contributed by atoms with Crippen LogP contribution >= 0.6 is 0 Å². The van der Waals surface area contributed by atoms with Crippen LogP contribution in [0.1, 0.15) is 82.1 Å². The van der Waals surface area contributed by atoms with Gasteiger partial charge in [0.2, 0.25) is 0 Å². The zero-order valence-electron chi connectivity index (χ0n) is 20.4. The SMILES string of the molecule is C=CCC1CCC2CC(C3CCC(c4ccc(-c5cc(F)c(F)c(F)c5)c(F)c4)CC3)CC2CC1. The summed E-state index contributed by atoms with van der Waals surface area (Å²) in [6.45, 7) is 3.93. The van der Waals surface area contributed by atoms with Crippen molar-refractivity contribution in [3.05, 3.63) is 71.8 Å². The Kier molecular flexibility index (Phi) is 7.37. The first-order valence-corrected chi connectivity index (χ1v) is 13.5. The molecule has 5 rings (SSSR count). The topological polar surface area (TPSA) is 0 Å². The molecule has 3 aliphatic carbocycles. The quantitative estimate of drug-likeness (QED) is 0.225. The van der Waals surface area contributed by atoms with Crippen molar-refractivity contribution in [2.75, 3.05) is 0 Å². The van der Waals surface area contributed by atoms with Crippen LogP contribution in [0.2, 0.25) is 0 Å². The van der Waals surface area contributed by atoms with Gasteiger partial charge in [0, 0.05) is 5.56 Å². The Morgan fingerprint density at radius 3 is 1.86 bits per heavy atom. The van der Waals surface area contributed by atoms with E-state index in [2.05, 4.69) is 12.7 Å². The first-order valence-electron chi connectivity index (χ1n) is 13.5. The predicted molar refractivity (Wildman–Crippen MR) is 133 cm³/mol. The van der Waals surface area contributed by atoms with E-state index < -0.39 is 23.3 Å². The van der Waals surface area contributed by atoms with E-state index in [-0.39, 0.29) is 11.1 Å². The summed E-state index contributed by atoms with van der Waals surface area (Å²) in [4.78, 5) is 0. The maximum Gasteiger partial charge on any atom is 0.194 e. The smallest absolute Gasteiger partial charge is 0.194 e. The van der Waals surface area contributed by atoms with Crippen molar-refractivity contribution in [3.63, 3.8) is 0 Å². The molecule has 0 bridgehead atoms. The molecule has 3 aliphatic rings. The second kappa shape index (κ2) is 10.5. The van der Waals surface area contributed by atoms with Gasteiger partial charge in [-0.1, -0.05) is 18.2 Å². The number of hydrogen-bond acceptors (Lipinski definition) is 0. The van der Waals surface area contributed by atoms with E-state index in [0.29, 0.717) is 5.92 Å². The molecule has 3 fully saturated rings. The Balaban J connectivity index is 1.18. The summed E-state index contributed by atoms with van der Waals surface area (Å²) < 4.78 is 55.4. The minimum absolute atomic E-state index is 0.0171. The van der Waals surface area contributed by atoms with E-state index in [1.165, 1.54) is 63.9 Å². The van der Waals surface area contributed by atoms with Gasteiger partial charge >= 0.3 is 0 Å². The highest BCUT2D eigenvalue weighted by Gasteiger charge is 2.40. The Morgan fingerprint density at radius 2 is 1.29 bits per heavy atom. The lowest BCUT2D eigenvalue weighted by Gasteiger charge is -2.33. The van der Waals surface area contributed by atoms with Gasteiger partial charge in [-0.15, -0.1) is 6.58 Å². The van der Waals surface area contributed by atoms with Gasteiger partial charge in [-0.05, 0) is 135 Å². The highest BCUT2D eigenvalue weighted by molar-refractivity contribution is 5.65. The third-order valence-corrected chi connectivity index (χ3v) is 9.47. The molecule has 0 heterocycles. The molecule has 0 aliphatic heterocycles. The highest BCUT2D eigenvalue weighted by atomic mass is 19.2. The molecule has 0 amide bonds. The summed E-state index contributed by atoms with van der Waals surface area (Å²) in [7, 11) is 0. The van der Waals surface area contributed by atoms with Crippen molar-refractivity contribution in [3.8, 4) is 11.1 Å². The van der Waals surface area contributed by atoms with E-state index in [4.69, 9.17) is 0 Å². The van der Waals surface area contributed by atoms with Crippen LogP contribution in [0, 0.1) is 52.9 Å². The van der Waals surface area contributed by atoms with Crippen molar-refractivity contribution in [1.82, 2.24) is 0 Å². The van der Waals surface area contributed by atoms with Crippen LogP contribution < -0.4 is 0 Å². The summed E-state index contributed by atoms with van der Waals surface area (Å²) in [6.07, 6.45) is 16.1. The monoisotopic (exact) mass is 484 g/mol. The van der Waals surface area contributed by atoms with Gasteiger partial charge in [0.05, 0.1) is 0 Å². The average Bonchev–Trinajstić information content (AvgIpc) is 3.18. The van der Waals surface area contributed by atoms with E-state index >= 15 is 0 Å². The molecular weight excluding hydrogens is 448 g/mol. The molecule has 35 heavy (non-hydrogen) atoms. The Bertz CT molecular complexity index is 1010. The molecule has 3 saturated carbocycles. The van der Waals surface area contributed by atoms with Crippen LogP contribution in [0.4, 0.5) is 17.6 Å². The Morgan fingerprint density at radius 1 is 0.686 bits per heavy atom. The van der Waals surface area contributed by atoms with Crippen molar-refractivity contribution >= 4 is 0 Å². The summed E-state index contributed by atoms with van der Waals surface area (Å²) in [5.41, 5.74) is 1.07. The van der Waals surface area contributed by atoms with Gasteiger partial charge in [0.1, 0.15) is 5.82 Å². The molecule has 188 valence electrons. The van der Waals surface area contributed by atoms with Crippen molar-refractivity contribution in [2.45, 2.75) is 76.5 Å². The molecule has 2 unspecified atom stereocenters. The third kappa shape index (κ3) is 5.22. The predicted octanol–water partition coefficient (Wildman–Crippen LogP) is 9.59. The van der Waals surface area contributed by atoms with Gasteiger partial charge in [0.25, 0.3) is 0 Å². The van der Waals surface area contributed by atoms with Crippen LogP contribution in [0.5, 0.6) is 0 Å². The Hall–Kier alpha value is -2.10. The van der Waals surface area contributed by atoms with Crippen LogP contribution in [0.3, 0.4) is 0 Å². The van der Waals surface area contributed by atoms with Gasteiger partial charge in [0.15, 0.2) is 17.5 Å². The zero-order chi connectivity index (χ0) is 24.5. The molecule has 0 saturated heterocycles. The van der Waals surface area contributed by atoms with Gasteiger partial charge < -0.3 is 0 Å². The van der Waals surface area contributed by atoms with Crippen molar-refractivity contribution < 1.29 is 17.6 Å². The number of benzene rings is 2. The first-order chi connectivity index (χ1) is 16.9. The molecule has 2 aromatic rings. The van der Waals surface area contributed by atoms with Crippen LogP contribution in [-0.4, -0.2) is 0 Å². The van der Waals surface area contributed by atoms with Gasteiger partial charge in [-0.25, -0.2) is 17.6 Å². The lowest BCUT2D eigenvalue weighted by atomic mass is 9.72. The maximum atomic E-state index is 14.9. The number of fused-ring (bicyclic) bond motifs is 1. The fraction of sp³-hybridized carbons (Fsp3) is 0.548. The lowest BCUT2D eigenvalue weighted by molar-refractivity contribution is 0.225. The van der Waals surface area contributed by atoms with Crippen LogP contribution in [-0.2, 0) is 0 Å². The summed E-state index contributed by atoms with van der Waals surface area (Å²) >= 11 is 0. The van der Waals surface area contributed by atoms with Crippen LogP contribution in [0.15, 0.2) is 43.0 Å². The molecule has 2 aromatic carbocycles. The second-order valence-corrected chi connectivity index (χ2v) is 11.4. The molecule has 0 radical (unpaired) electrons. The summed E-state index contributed by atoms with van der Waals surface area (Å²) in [5, 5.41) is 0. The average molecular weight is 485 g/mol. The fourth-order valence-corrected chi connectivity index (χ4v) is 7.52. The number of hydrogen-bond donors (Lipinski definition) is 0. The standard InChI is InChI=1S/C31H36F4/c1-2-3-19-4-6-22-14-25(15-23(22)7-5-19)21-10-8-20(9-11-21)24-12-13-27(28(32)16-24)26-17-29(33)31(35)30(34)18-26/h2,12-13,16-23,25H,1,3-11,14-15H2. The lowest BCUT2D eigenvalue weighted by Crippen LogP contribution is -2.20. The maximum absolute atomic E-state index is 14.9. The third-order valence-electron chi connectivity index (χ3n) is 9.47. The number of halogens is 4. The molecule has 0 spiro atoms. The van der Waals surface area contributed by atoms with E-state index in [0.717, 1.165) is 60.1 Å². The van der Waals surface area contributed by atoms with E-state index in [1.807, 2.05) is 6.07 Å². The molecular formula is C31H36F4. The highest BCUT2D eigenvalue weighted by Crippen LogP contribution is 2.51. The van der Waals surface area contributed by atoms with Gasteiger partial charge in [-0.2, -0.15) is 0 Å². The first kappa shape index (κ1) is 24.6. The fourth-order valence-electron chi connectivity index (χ4n) is 7.52. The number of rotatable bonds is 5. The zero-order valence-corrected chi connectivity index (χ0v) is 20.4. The largest absolute Gasteiger partial charge is 0.206 e. The molecule has 0 aromatic heterocycles. The summed E-state index contributed by atoms with van der Waals surface area (Å²) in [6, 6.07) is 6.65. The van der Waals surface area contributed by atoms with Crippen molar-refractivity contribution in [2.24, 2.45) is 29.6 Å². The van der Waals surface area contributed by atoms with E-state index in [1.54, 1.807) is 6.07 Å². The van der Waals surface area contributed by atoms with Crippen molar-refractivity contribution in [1.29, 1.82) is 0 Å². The molecule has 0 nitrogen and oxygen atoms in total. The van der Waals surface area contributed by atoms with Crippen LogP contribution in [0.25, 0.3) is 11.1 Å². The minimum Gasteiger partial charge on any atom is -0.206 e. The van der Waals surface area contributed by atoms with E-state index in [9.17, 15) is 17.6 Å². The summed E-state index contributed by atoms with van der Waals surface area (Å²) in [5.74, 6) is -0.0204. The van der Waals surface area contributed by atoms with Gasteiger partial charge in [-0.3, -0.25) is 0 Å². The number of allylic oxidation sites excluding steroid dienone is 1. The minimum atomic E-state index is -1.53. The Labute approximate surface area is 206 Å².